The summed E-state index contributed by atoms with van der Waals surface area (Å²) in [4.78, 5) is 0. The van der Waals surface area contributed by atoms with E-state index in [0.29, 0.717) is 5.11 Å². The van der Waals surface area contributed by atoms with E-state index >= 15 is 0 Å². The molecule has 0 aliphatic heterocycles. The van der Waals surface area contributed by atoms with E-state index in [0.717, 1.165) is 13.0 Å². The van der Waals surface area contributed by atoms with Crippen molar-refractivity contribution in [1.29, 1.82) is 0 Å². The van der Waals surface area contributed by atoms with Gasteiger partial charge in [0.2, 0.25) is 0 Å². The van der Waals surface area contributed by atoms with Gasteiger partial charge in [0.25, 0.3) is 0 Å². The molecule has 2 nitrogen and oxygen atoms in total. The standard InChI is InChI=1S/C5H12N2S/c1-2-3-4-7-5(6)8/h2-4H2,1H3,(H3,6,7,8). The summed E-state index contributed by atoms with van der Waals surface area (Å²) in [6.07, 6.45) is 2.31. The van der Waals surface area contributed by atoms with E-state index in [-0.39, 0.29) is 0 Å². The normalized spacial score (nSPS) is 8.62. The van der Waals surface area contributed by atoms with Crippen molar-refractivity contribution in [3.05, 3.63) is 0 Å². The Bertz CT molecular complexity index is 72.8. The van der Waals surface area contributed by atoms with Gasteiger partial charge in [0, 0.05) is 6.54 Å². The van der Waals surface area contributed by atoms with Gasteiger partial charge in [0.05, 0.1) is 0 Å². The van der Waals surface area contributed by atoms with Crippen LogP contribution in [0.15, 0.2) is 0 Å². The first-order valence-electron chi connectivity index (χ1n) is 2.80. The largest absolute Gasteiger partial charge is 0.376 e. The van der Waals surface area contributed by atoms with E-state index in [1.807, 2.05) is 0 Å². The topological polar surface area (TPSA) is 38.0 Å². The number of nitrogens with two attached hydrogens (primary N) is 1. The molecule has 0 aromatic heterocycles. The Morgan fingerprint density at radius 3 is 2.75 bits per heavy atom. The first-order valence-corrected chi connectivity index (χ1v) is 3.21. The van der Waals surface area contributed by atoms with Crippen molar-refractivity contribution in [3.8, 4) is 0 Å². The van der Waals surface area contributed by atoms with Gasteiger partial charge < -0.3 is 11.1 Å². The van der Waals surface area contributed by atoms with Crippen LogP contribution in [0, 0.1) is 0 Å². The molecule has 0 fully saturated rings. The molecule has 0 atom stereocenters. The highest BCUT2D eigenvalue weighted by atomic mass is 32.1. The van der Waals surface area contributed by atoms with Crippen LogP contribution in [0.5, 0.6) is 0 Å². The molecular formula is C5H12N2S. The molecule has 3 N–H and O–H groups in total. The van der Waals surface area contributed by atoms with Crippen molar-refractivity contribution >= 4 is 17.3 Å². The molecule has 0 rings (SSSR count). The molecule has 0 aromatic rings. The maximum atomic E-state index is 5.15. The fraction of sp³-hybridized carbons (Fsp3) is 0.800. The average molecular weight is 132 g/mol. The number of hydrogen-bond acceptors (Lipinski definition) is 1. The summed E-state index contributed by atoms with van der Waals surface area (Å²) in [5.74, 6) is 0. The number of thiocarbonyl (C=S) groups is 1. The molecule has 0 saturated carbocycles. The second-order valence-corrected chi connectivity index (χ2v) is 2.08. The van der Waals surface area contributed by atoms with E-state index in [4.69, 9.17) is 5.73 Å². The van der Waals surface area contributed by atoms with E-state index in [1.54, 1.807) is 0 Å². The molecule has 0 bridgehead atoms. The lowest BCUT2D eigenvalue weighted by molar-refractivity contribution is 0.756. The minimum Gasteiger partial charge on any atom is -0.376 e. The van der Waals surface area contributed by atoms with Crippen LogP contribution in [0.4, 0.5) is 0 Å². The molecule has 0 heterocycles. The number of nitrogens with one attached hydrogen (secondary N) is 1. The van der Waals surface area contributed by atoms with Gasteiger partial charge in [-0.25, -0.2) is 0 Å². The summed E-state index contributed by atoms with van der Waals surface area (Å²) < 4.78 is 0. The Labute approximate surface area is 55.4 Å². The van der Waals surface area contributed by atoms with Crippen molar-refractivity contribution in [1.82, 2.24) is 5.32 Å². The molecule has 0 amide bonds. The summed E-state index contributed by atoms with van der Waals surface area (Å²) >= 11 is 4.58. The molecule has 48 valence electrons. The Morgan fingerprint density at radius 2 is 2.38 bits per heavy atom. The molecule has 0 aliphatic carbocycles. The molecular weight excluding hydrogens is 120 g/mol. The van der Waals surface area contributed by atoms with Crippen LogP contribution in [-0.4, -0.2) is 11.7 Å². The first kappa shape index (κ1) is 7.69. The lowest BCUT2D eigenvalue weighted by atomic mass is 10.3. The van der Waals surface area contributed by atoms with Crippen molar-refractivity contribution in [2.45, 2.75) is 19.8 Å². The van der Waals surface area contributed by atoms with Crippen LogP contribution in [0.1, 0.15) is 19.8 Å². The molecule has 0 radical (unpaired) electrons. The lowest BCUT2D eigenvalue weighted by Crippen LogP contribution is -2.29. The maximum absolute atomic E-state index is 5.15. The highest BCUT2D eigenvalue weighted by molar-refractivity contribution is 7.80. The Hall–Kier alpha value is -0.310. The predicted octanol–water partition coefficient (Wildman–Crippen LogP) is 0.620. The zero-order valence-electron chi connectivity index (χ0n) is 5.11. The third-order valence-electron chi connectivity index (χ3n) is 0.830. The Balaban J connectivity index is 2.82. The van der Waals surface area contributed by atoms with Crippen LogP contribution in [0.3, 0.4) is 0 Å². The smallest absolute Gasteiger partial charge is 0.163 e. The summed E-state index contributed by atoms with van der Waals surface area (Å²) in [6, 6.07) is 0. The molecule has 0 saturated heterocycles. The van der Waals surface area contributed by atoms with Gasteiger partial charge in [-0.15, -0.1) is 0 Å². The minimum absolute atomic E-state index is 0.401. The fourth-order valence-corrected chi connectivity index (χ4v) is 0.490. The van der Waals surface area contributed by atoms with Gasteiger partial charge >= 0.3 is 0 Å². The Morgan fingerprint density at radius 1 is 1.75 bits per heavy atom. The number of rotatable bonds is 3. The Kier molecular flexibility index (Phi) is 4.65. The SMILES string of the molecule is CCCCNC(N)=S. The molecule has 0 aromatic carbocycles. The van der Waals surface area contributed by atoms with E-state index in [2.05, 4.69) is 24.5 Å². The van der Waals surface area contributed by atoms with Crippen LogP contribution in [-0.2, 0) is 0 Å². The second kappa shape index (κ2) is 4.84. The third-order valence-corrected chi connectivity index (χ3v) is 0.974. The number of unbranched alkanes of at least 4 members (excludes halogenated alkanes) is 1. The molecule has 0 aliphatic rings. The summed E-state index contributed by atoms with van der Waals surface area (Å²) in [6.45, 7) is 3.03. The molecule has 0 spiro atoms. The van der Waals surface area contributed by atoms with Crippen LogP contribution < -0.4 is 11.1 Å². The van der Waals surface area contributed by atoms with E-state index in [1.165, 1.54) is 6.42 Å². The maximum Gasteiger partial charge on any atom is 0.163 e. The van der Waals surface area contributed by atoms with Crippen molar-refractivity contribution < 1.29 is 0 Å². The van der Waals surface area contributed by atoms with Gasteiger partial charge in [-0.1, -0.05) is 13.3 Å². The highest BCUT2D eigenvalue weighted by Crippen LogP contribution is 1.80. The second-order valence-electron chi connectivity index (χ2n) is 1.64. The fourth-order valence-electron chi connectivity index (χ4n) is 0.388. The van der Waals surface area contributed by atoms with Gasteiger partial charge in [-0.05, 0) is 18.6 Å². The third kappa shape index (κ3) is 5.69. The van der Waals surface area contributed by atoms with Crippen molar-refractivity contribution in [2.24, 2.45) is 5.73 Å². The lowest BCUT2D eigenvalue weighted by Gasteiger charge is -1.98. The number of hydrogen-bond donors (Lipinski definition) is 2. The molecule has 0 unspecified atom stereocenters. The summed E-state index contributed by atoms with van der Waals surface area (Å²) in [7, 11) is 0. The zero-order chi connectivity index (χ0) is 6.41. The summed E-state index contributed by atoms with van der Waals surface area (Å²) in [5.41, 5.74) is 5.15. The molecule has 8 heavy (non-hydrogen) atoms. The quantitative estimate of drug-likeness (QED) is 0.436. The van der Waals surface area contributed by atoms with Gasteiger partial charge in [-0.3, -0.25) is 0 Å². The highest BCUT2D eigenvalue weighted by Gasteiger charge is 1.82. The van der Waals surface area contributed by atoms with Crippen LogP contribution >= 0.6 is 12.2 Å². The van der Waals surface area contributed by atoms with E-state index < -0.39 is 0 Å². The van der Waals surface area contributed by atoms with Crippen molar-refractivity contribution in [3.63, 3.8) is 0 Å². The van der Waals surface area contributed by atoms with E-state index in [9.17, 15) is 0 Å². The first-order chi connectivity index (χ1) is 3.77. The van der Waals surface area contributed by atoms with Gasteiger partial charge in [-0.2, -0.15) is 0 Å². The average Bonchev–Trinajstić information content (AvgIpc) is 1.66. The monoisotopic (exact) mass is 132 g/mol. The summed E-state index contributed by atoms with van der Waals surface area (Å²) in [5, 5.41) is 3.26. The van der Waals surface area contributed by atoms with Crippen molar-refractivity contribution in [2.75, 3.05) is 6.54 Å². The zero-order valence-corrected chi connectivity index (χ0v) is 5.92. The van der Waals surface area contributed by atoms with Gasteiger partial charge in [0.1, 0.15) is 0 Å². The van der Waals surface area contributed by atoms with Crippen LogP contribution in [0.2, 0.25) is 0 Å². The predicted molar refractivity (Wildman–Crippen MR) is 39.7 cm³/mol. The minimum atomic E-state index is 0.401. The van der Waals surface area contributed by atoms with Crippen LogP contribution in [0.25, 0.3) is 0 Å². The molecule has 3 heteroatoms. The van der Waals surface area contributed by atoms with Gasteiger partial charge in [0.15, 0.2) is 5.11 Å².